The molecule has 1 aromatic carbocycles. The molecule has 5 heteroatoms. The smallest absolute Gasteiger partial charge is 0.337 e. The first kappa shape index (κ1) is 18.5. The summed E-state index contributed by atoms with van der Waals surface area (Å²) in [6.45, 7) is 7.81. The highest BCUT2D eigenvalue weighted by molar-refractivity contribution is 5.89. The molecule has 0 radical (unpaired) electrons. The van der Waals surface area contributed by atoms with Gasteiger partial charge in [-0.1, -0.05) is 26.0 Å². The lowest BCUT2D eigenvalue weighted by Crippen LogP contribution is -2.36. The molecule has 24 heavy (non-hydrogen) atoms. The van der Waals surface area contributed by atoms with Gasteiger partial charge in [-0.3, -0.25) is 4.79 Å². The second kappa shape index (κ2) is 8.83. The molecule has 1 saturated heterocycles. The van der Waals surface area contributed by atoms with Crippen molar-refractivity contribution < 1.29 is 14.3 Å². The van der Waals surface area contributed by atoms with Gasteiger partial charge in [0, 0.05) is 25.6 Å². The predicted octanol–water partition coefficient (Wildman–Crippen LogP) is 2.70. The second-order valence-corrected chi connectivity index (χ2v) is 6.21. The van der Waals surface area contributed by atoms with Crippen molar-refractivity contribution in [1.29, 1.82) is 0 Å². The SMILES string of the molecule is CCN(CC)C1CCC(=O)N(Cc2ccc(C(=O)OC)cc2)CC1. The third kappa shape index (κ3) is 4.57. The van der Waals surface area contributed by atoms with Gasteiger partial charge in [-0.05, 0) is 43.6 Å². The van der Waals surface area contributed by atoms with E-state index in [9.17, 15) is 9.59 Å². The molecule has 0 aliphatic carbocycles. The zero-order valence-electron chi connectivity index (χ0n) is 15.0. The first-order valence-corrected chi connectivity index (χ1v) is 8.78. The van der Waals surface area contributed by atoms with Gasteiger partial charge in [-0.2, -0.15) is 0 Å². The van der Waals surface area contributed by atoms with Crippen LogP contribution >= 0.6 is 0 Å². The summed E-state index contributed by atoms with van der Waals surface area (Å²) >= 11 is 0. The predicted molar refractivity (Wildman–Crippen MR) is 93.8 cm³/mol. The zero-order valence-corrected chi connectivity index (χ0v) is 15.0. The van der Waals surface area contributed by atoms with Gasteiger partial charge in [-0.15, -0.1) is 0 Å². The maximum atomic E-state index is 12.4. The Labute approximate surface area is 144 Å². The molecule has 1 aromatic rings. The van der Waals surface area contributed by atoms with Crippen LogP contribution in [0.25, 0.3) is 0 Å². The summed E-state index contributed by atoms with van der Waals surface area (Å²) in [6.07, 6.45) is 2.58. The van der Waals surface area contributed by atoms with Gasteiger partial charge >= 0.3 is 5.97 Å². The number of benzene rings is 1. The maximum Gasteiger partial charge on any atom is 0.337 e. The quantitative estimate of drug-likeness (QED) is 0.752. The number of carbonyl (C=O) groups is 2. The largest absolute Gasteiger partial charge is 0.465 e. The van der Waals surface area contributed by atoms with Gasteiger partial charge in [0.1, 0.15) is 0 Å². The van der Waals surface area contributed by atoms with Gasteiger partial charge in [-0.25, -0.2) is 4.79 Å². The molecular weight excluding hydrogens is 304 g/mol. The highest BCUT2D eigenvalue weighted by Gasteiger charge is 2.25. The molecule has 0 aromatic heterocycles. The van der Waals surface area contributed by atoms with Crippen LogP contribution in [0.15, 0.2) is 24.3 Å². The molecule has 0 N–H and O–H groups in total. The molecular formula is C19H28N2O3. The van der Waals surface area contributed by atoms with E-state index in [4.69, 9.17) is 4.74 Å². The first-order valence-electron chi connectivity index (χ1n) is 8.78. The van der Waals surface area contributed by atoms with Crippen LogP contribution in [0.1, 0.15) is 49.0 Å². The third-order valence-electron chi connectivity index (χ3n) is 4.85. The van der Waals surface area contributed by atoms with E-state index in [1.807, 2.05) is 17.0 Å². The van der Waals surface area contributed by atoms with Crippen molar-refractivity contribution in [3.8, 4) is 0 Å². The molecule has 1 unspecified atom stereocenters. The number of amides is 1. The molecule has 1 heterocycles. The minimum Gasteiger partial charge on any atom is -0.465 e. The van der Waals surface area contributed by atoms with Gasteiger partial charge in [0.25, 0.3) is 0 Å². The van der Waals surface area contributed by atoms with Crippen molar-refractivity contribution in [3.05, 3.63) is 35.4 Å². The molecule has 1 amide bonds. The third-order valence-corrected chi connectivity index (χ3v) is 4.85. The Morgan fingerprint density at radius 3 is 2.46 bits per heavy atom. The maximum absolute atomic E-state index is 12.4. The molecule has 132 valence electrons. The minimum absolute atomic E-state index is 0.224. The minimum atomic E-state index is -0.338. The number of ether oxygens (including phenoxy) is 1. The van der Waals surface area contributed by atoms with Crippen molar-refractivity contribution in [2.24, 2.45) is 0 Å². The summed E-state index contributed by atoms with van der Waals surface area (Å²) in [5.41, 5.74) is 1.57. The monoisotopic (exact) mass is 332 g/mol. The summed E-state index contributed by atoms with van der Waals surface area (Å²) in [5, 5.41) is 0. The van der Waals surface area contributed by atoms with Gasteiger partial charge < -0.3 is 14.5 Å². The molecule has 1 aliphatic rings. The van der Waals surface area contributed by atoms with Crippen LogP contribution in [0.2, 0.25) is 0 Å². The van der Waals surface area contributed by atoms with Crippen LogP contribution < -0.4 is 0 Å². The number of esters is 1. The summed E-state index contributed by atoms with van der Waals surface area (Å²) in [5.74, 6) is -0.115. The lowest BCUT2D eigenvalue weighted by atomic mass is 10.1. The van der Waals surface area contributed by atoms with Gasteiger partial charge in [0.15, 0.2) is 0 Å². The van der Waals surface area contributed by atoms with Gasteiger partial charge in [0.05, 0.1) is 12.7 Å². The van der Waals surface area contributed by atoms with Crippen LogP contribution in [-0.2, 0) is 16.1 Å². The highest BCUT2D eigenvalue weighted by Crippen LogP contribution is 2.19. The number of nitrogens with zero attached hydrogens (tertiary/aromatic N) is 2. The van der Waals surface area contributed by atoms with E-state index >= 15 is 0 Å². The van der Waals surface area contributed by atoms with E-state index in [0.29, 0.717) is 24.6 Å². The van der Waals surface area contributed by atoms with E-state index in [1.165, 1.54) is 7.11 Å². The van der Waals surface area contributed by atoms with Gasteiger partial charge in [0.2, 0.25) is 5.91 Å². The lowest BCUT2D eigenvalue weighted by Gasteiger charge is -2.28. The first-order chi connectivity index (χ1) is 11.6. The number of methoxy groups -OCH3 is 1. The highest BCUT2D eigenvalue weighted by atomic mass is 16.5. The van der Waals surface area contributed by atoms with Crippen molar-refractivity contribution in [2.45, 2.75) is 45.7 Å². The van der Waals surface area contributed by atoms with E-state index in [1.54, 1.807) is 12.1 Å². The molecule has 1 atom stereocenters. The van der Waals surface area contributed by atoms with Crippen LogP contribution in [0.5, 0.6) is 0 Å². The van der Waals surface area contributed by atoms with Crippen molar-refractivity contribution in [2.75, 3.05) is 26.7 Å². The van der Waals surface area contributed by atoms with E-state index in [-0.39, 0.29) is 11.9 Å². The topological polar surface area (TPSA) is 49.9 Å². The molecule has 5 nitrogen and oxygen atoms in total. The molecule has 1 aliphatic heterocycles. The number of carbonyl (C=O) groups excluding carboxylic acids is 2. The fourth-order valence-corrected chi connectivity index (χ4v) is 3.38. The average Bonchev–Trinajstić information content (AvgIpc) is 2.79. The Hall–Kier alpha value is -1.88. The normalized spacial score (nSPS) is 18.6. The molecule has 0 bridgehead atoms. The molecule has 0 spiro atoms. The fraction of sp³-hybridized carbons (Fsp3) is 0.579. The van der Waals surface area contributed by atoms with E-state index in [2.05, 4.69) is 18.7 Å². The number of rotatable bonds is 6. The Bertz CT molecular complexity index is 552. The summed E-state index contributed by atoms with van der Waals surface area (Å²) in [4.78, 5) is 28.3. The summed E-state index contributed by atoms with van der Waals surface area (Å²) in [7, 11) is 1.37. The van der Waals surface area contributed by atoms with Crippen LogP contribution in [0, 0.1) is 0 Å². The Balaban J connectivity index is 1.99. The second-order valence-electron chi connectivity index (χ2n) is 6.21. The number of hydrogen-bond donors (Lipinski definition) is 0. The van der Waals surface area contributed by atoms with Crippen molar-refractivity contribution in [1.82, 2.24) is 9.80 Å². The number of hydrogen-bond acceptors (Lipinski definition) is 4. The molecule has 0 saturated carbocycles. The van der Waals surface area contributed by atoms with Crippen LogP contribution in [-0.4, -0.2) is 54.5 Å². The van der Waals surface area contributed by atoms with E-state index in [0.717, 1.165) is 38.0 Å². The summed E-state index contributed by atoms with van der Waals surface area (Å²) in [6, 6.07) is 7.79. The standard InChI is InChI=1S/C19H28N2O3/c1-4-20(5-2)17-10-11-18(22)21(13-12-17)14-15-6-8-16(9-7-15)19(23)24-3/h6-9,17H,4-5,10-14H2,1-3H3. The molecule has 2 rings (SSSR count). The van der Waals surface area contributed by atoms with Crippen LogP contribution in [0.4, 0.5) is 0 Å². The van der Waals surface area contributed by atoms with Crippen molar-refractivity contribution >= 4 is 11.9 Å². The average molecular weight is 332 g/mol. The summed E-state index contributed by atoms with van der Waals surface area (Å²) < 4.78 is 4.71. The Kier molecular flexibility index (Phi) is 6.79. The Morgan fingerprint density at radius 2 is 1.88 bits per heavy atom. The fourth-order valence-electron chi connectivity index (χ4n) is 3.38. The van der Waals surface area contributed by atoms with Crippen LogP contribution in [0.3, 0.4) is 0 Å². The lowest BCUT2D eigenvalue weighted by molar-refractivity contribution is -0.131. The Morgan fingerprint density at radius 1 is 1.21 bits per heavy atom. The van der Waals surface area contributed by atoms with E-state index < -0.39 is 0 Å². The number of likely N-dealkylation sites (tertiary alicyclic amines) is 1. The molecule has 1 fully saturated rings. The van der Waals surface area contributed by atoms with Crippen molar-refractivity contribution in [3.63, 3.8) is 0 Å². The zero-order chi connectivity index (χ0) is 17.5.